The molecule has 0 bridgehead atoms. The van der Waals surface area contributed by atoms with Crippen molar-refractivity contribution in [1.82, 2.24) is 15.5 Å². The van der Waals surface area contributed by atoms with Gasteiger partial charge in [-0.1, -0.05) is 6.07 Å². The van der Waals surface area contributed by atoms with Crippen molar-refractivity contribution in [3.8, 4) is 5.75 Å². The van der Waals surface area contributed by atoms with E-state index in [9.17, 15) is 0 Å². The van der Waals surface area contributed by atoms with Gasteiger partial charge in [0.2, 0.25) is 0 Å². The molecule has 134 valence electrons. The smallest absolute Gasteiger partial charge is 0.191 e. The molecule has 1 aliphatic heterocycles. The summed E-state index contributed by atoms with van der Waals surface area (Å²) in [6.07, 6.45) is 0. The van der Waals surface area contributed by atoms with Crippen molar-refractivity contribution in [3.05, 3.63) is 29.3 Å². The second-order valence-electron chi connectivity index (χ2n) is 6.05. The summed E-state index contributed by atoms with van der Waals surface area (Å²) in [5.41, 5.74) is 2.44. The molecule has 0 aromatic heterocycles. The number of nitrogens with zero attached hydrogens (tertiary/aromatic N) is 2. The lowest BCUT2D eigenvalue weighted by Crippen LogP contribution is -2.45. The molecule has 2 N–H and O–H groups in total. The standard InChI is InChI=1S/C18H30N4O2/c1-15-12-16(2)14-17(13-15)24-9-5-21-18(19-3)20-4-6-22-7-10-23-11-8-22/h12-14H,4-11H2,1-3H3,(H2,19,20,21). The molecule has 0 saturated carbocycles. The Balaban J connectivity index is 1.60. The maximum Gasteiger partial charge on any atom is 0.191 e. The fourth-order valence-corrected chi connectivity index (χ4v) is 2.73. The number of nitrogens with one attached hydrogen (secondary N) is 2. The fraction of sp³-hybridized carbons (Fsp3) is 0.611. The van der Waals surface area contributed by atoms with Crippen LogP contribution in [0.1, 0.15) is 11.1 Å². The summed E-state index contributed by atoms with van der Waals surface area (Å²) in [5.74, 6) is 1.73. The molecule has 24 heavy (non-hydrogen) atoms. The summed E-state index contributed by atoms with van der Waals surface area (Å²) in [6, 6.07) is 6.26. The molecule has 0 amide bonds. The van der Waals surface area contributed by atoms with E-state index in [1.165, 1.54) is 11.1 Å². The van der Waals surface area contributed by atoms with Gasteiger partial charge in [-0.3, -0.25) is 9.89 Å². The minimum absolute atomic E-state index is 0.604. The molecule has 1 aliphatic rings. The summed E-state index contributed by atoms with van der Waals surface area (Å²) < 4.78 is 11.1. The zero-order chi connectivity index (χ0) is 17.2. The van der Waals surface area contributed by atoms with Gasteiger partial charge in [-0.15, -0.1) is 0 Å². The zero-order valence-corrected chi connectivity index (χ0v) is 15.1. The van der Waals surface area contributed by atoms with E-state index >= 15 is 0 Å². The van der Waals surface area contributed by atoms with Crippen molar-refractivity contribution in [2.75, 3.05) is 59.6 Å². The van der Waals surface area contributed by atoms with Gasteiger partial charge in [0.15, 0.2) is 5.96 Å². The number of rotatable bonds is 7. The van der Waals surface area contributed by atoms with E-state index in [1.54, 1.807) is 7.05 Å². The predicted octanol–water partition coefficient (Wildman–Crippen LogP) is 1.18. The molecule has 6 nitrogen and oxygen atoms in total. The molecular weight excluding hydrogens is 304 g/mol. The van der Waals surface area contributed by atoms with Crippen molar-refractivity contribution in [3.63, 3.8) is 0 Å². The van der Waals surface area contributed by atoms with E-state index in [2.05, 4.69) is 52.6 Å². The summed E-state index contributed by atoms with van der Waals surface area (Å²) in [4.78, 5) is 6.63. The van der Waals surface area contributed by atoms with E-state index < -0.39 is 0 Å². The molecule has 1 heterocycles. The van der Waals surface area contributed by atoms with Gasteiger partial charge < -0.3 is 20.1 Å². The maximum absolute atomic E-state index is 5.79. The normalized spacial score (nSPS) is 16.0. The van der Waals surface area contributed by atoms with Crippen molar-refractivity contribution in [1.29, 1.82) is 0 Å². The Labute approximate surface area is 145 Å². The Kier molecular flexibility index (Phi) is 7.85. The van der Waals surface area contributed by atoms with Crippen LogP contribution in [0, 0.1) is 13.8 Å². The topological polar surface area (TPSA) is 58.1 Å². The monoisotopic (exact) mass is 334 g/mol. The minimum Gasteiger partial charge on any atom is -0.492 e. The van der Waals surface area contributed by atoms with Crippen LogP contribution in [0.3, 0.4) is 0 Å². The first-order valence-corrected chi connectivity index (χ1v) is 8.63. The molecule has 0 atom stereocenters. The van der Waals surface area contributed by atoms with Gasteiger partial charge in [0, 0.05) is 33.2 Å². The van der Waals surface area contributed by atoms with Crippen molar-refractivity contribution in [2.24, 2.45) is 4.99 Å². The molecule has 1 saturated heterocycles. The summed E-state index contributed by atoms with van der Waals surface area (Å²) in [5, 5.41) is 6.61. The Morgan fingerprint density at radius 3 is 2.46 bits per heavy atom. The summed E-state index contributed by atoms with van der Waals surface area (Å²) in [6.45, 7) is 11.1. The molecule has 2 rings (SSSR count). The van der Waals surface area contributed by atoms with E-state index in [-0.39, 0.29) is 0 Å². The van der Waals surface area contributed by atoms with E-state index in [1.807, 2.05) is 0 Å². The largest absolute Gasteiger partial charge is 0.492 e. The number of hydrogen-bond acceptors (Lipinski definition) is 4. The van der Waals surface area contributed by atoms with E-state index in [4.69, 9.17) is 9.47 Å². The Hall–Kier alpha value is -1.79. The van der Waals surface area contributed by atoms with Gasteiger partial charge in [0.1, 0.15) is 12.4 Å². The minimum atomic E-state index is 0.604. The van der Waals surface area contributed by atoms with Gasteiger partial charge in [0.25, 0.3) is 0 Å². The highest BCUT2D eigenvalue weighted by molar-refractivity contribution is 5.79. The lowest BCUT2D eigenvalue weighted by Gasteiger charge is -2.26. The van der Waals surface area contributed by atoms with Gasteiger partial charge in [-0.05, 0) is 37.1 Å². The lowest BCUT2D eigenvalue weighted by atomic mass is 10.1. The molecular formula is C18H30N4O2. The number of aliphatic imine (C=N–C) groups is 1. The molecule has 0 spiro atoms. The van der Waals surface area contributed by atoms with Crippen LogP contribution in [0.5, 0.6) is 5.75 Å². The third-order valence-electron chi connectivity index (χ3n) is 3.91. The highest BCUT2D eigenvalue weighted by Crippen LogP contribution is 2.15. The van der Waals surface area contributed by atoms with E-state index in [0.717, 1.165) is 51.1 Å². The highest BCUT2D eigenvalue weighted by atomic mass is 16.5. The van der Waals surface area contributed by atoms with Crippen LogP contribution in [-0.4, -0.2) is 70.5 Å². The summed E-state index contributed by atoms with van der Waals surface area (Å²) in [7, 11) is 1.79. The molecule has 1 aromatic rings. The number of ether oxygens (including phenoxy) is 2. The average Bonchev–Trinajstić information content (AvgIpc) is 2.57. The summed E-state index contributed by atoms with van der Waals surface area (Å²) >= 11 is 0. The number of guanidine groups is 1. The van der Waals surface area contributed by atoms with Gasteiger partial charge in [0.05, 0.1) is 19.8 Å². The first-order chi connectivity index (χ1) is 11.7. The third-order valence-corrected chi connectivity index (χ3v) is 3.91. The highest BCUT2D eigenvalue weighted by Gasteiger charge is 2.09. The van der Waals surface area contributed by atoms with Gasteiger partial charge >= 0.3 is 0 Å². The lowest BCUT2D eigenvalue weighted by molar-refractivity contribution is 0.0389. The number of benzene rings is 1. The van der Waals surface area contributed by atoms with Crippen molar-refractivity contribution < 1.29 is 9.47 Å². The van der Waals surface area contributed by atoms with Crippen LogP contribution < -0.4 is 15.4 Å². The quantitative estimate of drug-likeness (QED) is 0.445. The SMILES string of the molecule is CN=C(NCCOc1cc(C)cc(C)c1)NCCN1CCOCC1. The molecule has 0 unspecified atom stereocenters. The Bertz CT molecular complexity index is 508. The van der Waals surface area contributed by atoms with Crippen LogP contribution in [0.25, 0.3) is 0 Å². The first-order valence-electron chi connectivity index (χ1n) is 8.63. The van der Waals surface area contributed by atoms with Gasteiger partial charge in [-0.2, -0.15) is 0 Å². The van der Waals surface area contributed by atoms with Crippen LogP contribution >= 0.6 is 0 Å². The van der Waals surface area contributed by atoms with Crippen LogP contribution in [0.15, 0.2) is 23.2 Å². The Morgan fingerprint density at radius 2 is 1.79 bits per heavy atom. The van der Waals surface area contributed by atoms with Gasteiger partial charge in [-0.25, -0.2) is 0 Å². The molecule has 0 radical (unpaired) electrons. The Morgan fingerprint density at radius 1 is 1.12 bits per heavy atom. The van der Waals surface area contributed by atoms with Crippen molar-refractivity contribution in [2.45, 2.75) is 13.8 Å². The van der Waals surface area contributed by atoms with Crippen LogP contribution in [0.4, 0.5) is 0 Å². The second kappa shape index (κ2) is 10.2. The van der Waals surface area contributed by atoms with Crippen molar-refractivity contribution >= 4 is 5.96 Å². The molecule has 0 aliphatic carbocycles. The zero-order valence-electron chi connectivity index (χ0n) is 15.1. The maximum atomic E-state index is 5.79. The molecule has 1 fully saturated rings. The molecule has 6 heteroatoms. The fourth-order valence-electron chi connectivity index (χ4n) is 2.73. The third kappa shape index (κ3) is 6.76. The van der Waals surface area contributed by atoms with Crippen LogP contribution in [0.2, 0.25) is 0 Å². The average molecular weight is 334 g/mol. The number of aryl methyl sites for hydroxylation is 2. The number of morpholine rings is 1. The number of hydrogen-bond donors (Lipinski definition) is 2. The van der Waals surface area contributed by atoms with E-state index in [0.29, 0.717) is 13.2 Å². The first kappa shape index (κ1) is 18.5. The predicted molar refractivity (Wildman–Crippen MR) is 98.0 cm³/mol. The van der Waals surface area contributed by atoms with Crippen LogP contribution in [-0.2, 0) is 4.74 Å². The second-order valence-corrected chi connectivity index (χ2v) is 6.05. The molecule has 1 aromatic carbocycles.